The molecule has 106 valence electrons. The predicted molar refractivity (Wildman–Crippen MR) is 77.0 cm³/mol. The summed E-state index contributed by atoms with van der Waals surface area (Å²) in [5.41, 5.74) is 0.315. The quantitative estimate of drug-likeness (QED) is 0.755. The van der Waals surface area contributed by atoms with Gasteiger partial charge in [-0.1, -0.05) is 38.4 Å². The highest BCUT2D eigenvalue weighted by atomic mass is 35.5. The Bertz CT molecular complexity index is 638. The van der Waals surface area contributed by atoms with Crippen molar-refractivity contribution >= 4 is 11.6 Å². The Hall–Kier alpha value is -1.68. The summed E-state index contributed by atoms with van der Waals surface area (Å²) >= 11 is 5.97. The third-order valence-electron chi connectivity index (χ3n) is 2.71. The van der Waals surface area contributed by atoms with Gasteiger partial charge < -0.3 is 4.74 Å². The average Bonchev–Trinajstić information content (AvgIpc) is 2.32. The van der Waals surface area contributed by atoms with E-state index >= 15 is 0 Å². The summed E-state index contributed by atoms with van der Waals surface area (Å²) in [5.74, 6) is 0.937. The van der Waals surface area contributed by atoms with Gasteiger partial charge in [-0.3, -0.25) is 0 Å². The summed E-state index contributed by atoms with van der Waals surface area (Å²) < 4.78 is 19.0. The molecule has 0 saturated carbocycles. The molecule has 0 fully saturated rings. The second-order valence-electron chi connectivity index (χ2n) is 5.62. The number of aromatic nitrogens is 2. The van der Waals surface area contributed by atoms with E-state index in [0.717, 1.165) is 0 Å². The molecule has 0 unspecified atom stereocenters. The number of nitrogens with zero attached hydrogens (tertiary/aromatic N) is 2. The summed E-state index contributed by atoms with van der Waals surface area (Å²) in [6, 6.07) is 6.17. The lowest BCUT2D eigenvalue weighted by molar-refractivity contribution is 0.442. The first kappa shape index (κ1) is 14.7. The lowest BCUT2D eigenvalue weighted by Gasteiger charge is -2.17. The van der Waals surface area contributed by atoms with Crippen LogP contribution in [0.5, 0.6) is 11.6 Å². The Morgan fingerprint density at radius 1 is 1.15 bits per heavy atom. The molecule has 20 heavy (non-hydrogen) atoms. The molecule has 0 aliphatic carbocycles. The van der Waals surface area contributed by atoms with E-state index < -0.39 is 0 Å². The Morgan fingerprint density at radius 2 is 1.85 bits per heavy atom. The van der Waals surface area contributed by atoms with Crippen molar-refractivity contribution in [2.45, 2.75) is 33.1 Å². The van der Waals surface area contributed by atoms with Gasteiger partial charge in [-0.05, 0) is 18.6 Å². The van der Waals surface area contributed by atoms with E-state index in [4.69, 9.17) is 16.3 Å². The fourth-order valence-corrected chi connectivity index (χ4v) is 1.72. The second-order valence-corrected chi connectivity index (χ2v) is 6.00. The highest BCUT2D eigenvalue weighted by Gasteiger charge is 2.19. The van der Waals surface area contributed by atoms with E-state index in [1.54, 1.807) is 19.1 Å². The normalized spacial score (nSPS) is 11.5. The molecule has 0 N–H and O–H groups in total. The van der Waals surface area contributed by atoms with Gasteiger partial charge in [0.2, 0.25) is 5.88 Å². The van der Waals surface area contributed by atoms with Gasteiger partial charge in [-0.15, -0.1) is 0 Å². The Balaban J connectivity index is 2.33. The van der Waals surface area contributed by atoms with Crippen molar-refractivity contribution in [3.05, 3.63) is 46.6 Å². The van der Waals surface area contributed by atoms with Crippen LogP contribution in [0.4, 0.5) is 4.39 Å². The van der Waals surface area contributed by atoms with Gasteiger partial charge in [0.1, 0.15) is 22.5 Å². The summed E-state index contributed by atoms with van der Waals surface area (Å²) in [5, 5.41) is 0.299. The first-order chi connectivity index (χ1) is 9.25. The van der Waals surface area contributed by atoms with Crippen LogP contribution in [0.3, 0.4) is 0 Å². The minimum atomic E-state index is -0.321. The van der Waals surface area contributed by atoms with Crippen LogP contribution in [0.25, 0.3) is 0 Å². The van der Waals surface area contributed by atoms with Crippen LogP contribution in [0.1, 0.15) is 32.2 Å². The van der Waals surface area contributed by atoms with E-state index in [9.17, 15) is 4.39 Å². The molecule has 1 aromatic heterocycles. The average molecular weight is 295 g/mol. The van der Waals surface area contributed by atoms with Crippen molar-refractivity contribution in [3.63, 3.8) is 0 Å². The van der Waals surface area contributed by atoms with Crippen LogP contribution in [0.2, 0.25) is 5.15 Å². The summed E-state index contributed by atoms with van der Waals surface area (Å²) in [6.07, 6.45) is 0. The topological polar surface area (TPSA) is 35.0 Å². The molecule has 2 aromatic rings. The molecule has 1 aromatic carbocycles. The lowest BCUT2D eigenvalue weighted by atomic mass is 9.96. The number of aryl methyl sites for hydroxylation is 1. The third-order valence-corrected chi connectivity index (χ3v) is 2.90. The Labute approximate surface area is 122 Å². The van der Waals surface area contributed by atoms with E-state index in [1.165, 1.54) is 12.1 Å². The van der Waals surface area contributed by atoms with Crippen LogP contribution >= 0.6 is 11.6 Å². The number of halogens is 2. The van der Waals surface area contributed by atoms with E-state index in [0.29, 0.717) is 28.2 Å². The maximum absolute atomic E-state index is 13.5. The molecular weight excluding hydrogens is 279 g/mol. The molecule has 0 saturated heterocycles. The maximum Gasteiger partial charge on any atom is 0.224 e. The molecule has 0 aliphatic rings. The number of hydrogen-bond donors (Lipinski definition) is 0. The summed E-state index contributed by atoms with van der Waals surface area (Å²) in [7, 11) is 0. The van der Waals surface area contributed by atoms with Gasteiger partial charge in [-0.2, -0.15) is 4.98 Å². The zero-order valence-electron chi connectivity index (χ0n) is 11.9. The number of benzene rings is 1. The Morgan fingerprint density at radius 3 is 2.45 bits per heavy atom. The van der Waals surface area contributed by atoms with Crippen LogP contribution < -0.4 is 4.74 Å². The van der Waals surface area contributed by atoms with Gasteiger partial charge in [0, 0.05) is 17.5 Å². The van der Waals surface area contributed by atoms with Gasteiger partial charge in [0.05, 0.1) is 0 Å². The van der Waals surface area contributed by atoms with Crippen LogP contribution in [-0.2, 0) is 5.41 Å². The predicted octanol–water partition coefficient (Wildman–Crippen LogP) is 4.67. The second kappa shape index (κ2) is 5.37. The van der Waals surface area contributed by atoms with Crippen molar-refractivity contribution in [1.29, 1.82) is 0 Å². The van der Waals surface area contributed by atoms with Crippen molar-refractivity contribution in [2.24, 2.45) is 0 Å². The van der Waals surface area contributed by atoms with Crippen molar-refractivity contribution in [3.8, 4) is 11.6 Å². The van der Waals surface area contributed by atoms with E-state index in [1.807, 2.05) is 20.8 Å². The monoisotopic (exact) mass is 294 g/mol. The van der Waals surface area contributed by atoms with Crippen LogP contribution in [0.15, 0.2) is 24.3 Å². The largest absolute Gasteiger partial charge is 0.439 e. The first-order valence-corrected chi connectivity index (χ1v) is 6.62. The fraction of sp³-hybridized carbons (Fsp3) is 0.333. The molecule has 0 amide bonds. The maximum atomic E-state index is 13.5. The molecule has 5 heteroatoms. The van der Waals surface area contributed by atoms with E-state index in [2.05, 4.69) is 9.97 Å². The minimum absolute atomic E-state index is 0.248. The smallest absolute Gasteiger partial charge is 0.224 e. The molecule has 0 spiro atoms. The molecule has 0 radical (unpaired) electrons. The summed E-state index contributed by atoms with van der Waals surface area (Å²) in [6.45, 7) is 7.63. The van der Waals surface area contributed by atoms with Crippen molar-refractivity contribution in [2.75, 3.05) is 0 Å². The van der Waals surface area contributed by atoms with E-state index in [-0.39, 0.29) is 11.2 Å². The van der Waals surface area contributed by atoms with Gasteiger partial charge in [0.25, 0.3) is 0 Å². The third kappa shape index (κ3) is 3.45. The molecule has 3 nitrogen and oxygen atoms in total. The lowest BCUT2D eigenvalue weighted by Crippen LogP contribution is -2.16. The number of hydrogen-bond acceptors (Lipinski definition) is 3. The van der Waals surface area contributed by atoms with Gasteiger partial charge in [0.15, 0.2) is 0 Å². The van der Waals surface area contributed by atoms with Crippen molar-refractivity contribution in [1.82, 2.24) is 9.97 Å². The number of ether oxygens (including phenoxy) is 1. The SMILES string of the molecule is Cc1ccc(Oc2cc(Cl)nc(C(C)(C)C)n2)cc1F. The van der Waals surface area contributed by atoms with Crippen LogP contribution in [0, 0.1) is 12.7 Å². The molecule has 0 atom stereocenters. The zero-order chi connectivity index (χ0) is 14.9. The number of rotatable bonds is 2. The molecule has 0 bridgehead atoms. The van der Waals surface area contributed by atoms with Crippen LogP contribution in [-0.4, -0.2) is 9.97 Å². The fourth-order valence-electron chi connectivity index (χ4n) is 1.54. The van der Waals surface area contributed by atoms with Crippen molar-refractivity contribution < 1.29 is 9.13 Å². The highest BCUT2D eigenvalue weighted by molar-refractivity contribution is 6.29. The van der Waals surface area contributed by atoms with Gasteiger partial charge >= 0.3 is 0 Å². The Kier molecular flexibility index (Phi) is 3.95. The molecular formula is C15H16ClFN2O. The molecule has 1 heterocycles. The standard InChI is InChI=1S/C15H16ClFN2O/c1-9-5-6-10(7-11(9)17)20-13-8-12(16)18-14(19-13)15(2,3)4/h5-8H,1-4H3. The molecule has 0 aliphatic heterocycles. The summed E-state index contributed by atoms with van der Waals surface area (Å²) in [4.78, 5) is 8.49. The minimum Gasteiger partial charge on any atom is -0.439 e. The zero-order valence-corrected chi connectivity index (χ0v) is 12.6. The molecule has 2 rings (SSSR count). The first-order valence-electron chi connectivity index (χ1n) is 6.25. The highest BCUT2D eigenvalue weighted by Crippen LogP contribution is 2.27. The van der Waals surface area contributed by atoms with Gasteiger partial charge in [-0.25, -0.2) is 9.37 Å².